The fraction of sp³-hybridized carbons (Fsp3) is 0.241. The maximum atomic E-state index is 13.7. The Labute approximate surface area is 211 Å². The Kier molecular flexibility index (Phi) is 7.57. The van der Waals surface area contributed by atoms with E-state index in [-0.39, 0.29) is 5.91 Å². The first kappa shape index (κ1) is 24.6. The van der Waals surface area contributed by atoms with Crippen LogP contribution in [0.3, 0.4) is 0 Å². The lowest BCUT2D eigenvalue weighted by molar-refractivity contribution is 0.0741. The first-order valence-corrected chi connectivity index (χ1v) is 11.9. The number of nitrogens with zero attached hydrogens (tertiary/aromatic N) is 2. The van der Waals surface area contributed by atoms with Gasteiger partial charge in [0.2, 0.25) is 0 Å². The summed E-state index contributed by atoms with van der Waals surface area (Å²) in [4.78, 5) is 20.2. The Morgan fingerprint density at radius 1 is 0.971 bits per heavy atom. The van der Waals surface area contributed by atoms with E-state index < -0.39 is 0 Å². The van der Waals surface area contributed by atoms with E-state index >= 15 is 0 Å². The van der Waals surface area contributed by atoms with E-state index in [1.54, 1.807) is 31.3 Å². The van der Waals surface area contributed by atoms with Crippen LogP contribution in [0.25, 0.3) is 10.9 Å². The number of rotatable bonds is 8. The van der Waals surface area contributed by atoms with Crippen molar-refractivity contribution in [1.82, 2.24) is 9.88 Å². The van der Waals surface area contributed by atoms with Crippen molar-refractivity contribution in [2.45, 2.75) is 26.8 Å². The molecule has 0 radical (unpaired) electrons. The zero-order valence-corrected chi connectivity index (χ0v) is 21.2. The molecule has 0 aliphatic carbocycles. The van der Waals surface area contributed by atoms with Crippen LogP contribution in [0.5, 0.6) is 11.5 Å². The molecule has 0 saturated heterocycles. The summed E-state index contributed by atoms with van der Waals surface area (Å²) in [6.45, 7) is 4.93. The number of carbonyl (C=O) groups excluding carboxylic acids is 1. The largest absolute Gasteiger partial charge is 0.497 e. The Balaban J connectivity index is 1.67. The van der Waals surface area contributed by atoms with Crippen molar-refractivity contribution in [3.05, 3.63) is 99.7 Å². The highest BCUT2D eigenvalue weighted by Crippen LogP contribution is 2.27. The number of amides is 1. The topological polar surface area (TPSA) is 51.7 Å². The Morgan fingerprint density at radius 2 is 1.71 bits per heavy atom. The molecule has 0 aliphatic heterocycles. The predicted molar refractivity (Wildman–Crippen MR) is 141 cm³/mol. The number of ether oxygens (including phenoxy) is 2. The molecule has 180 valence electrons. The lowest BCUT2D eigenvalue weighted by Crippen LogP contribution is -2.33. The van der Waals surface area contributed by atoms with Gasteiger partial charge in [0.15, 0.2) is 0 Å². The van der Waals surface area contributed by atoms with Crippen LogP contribution in [0.15, 0.2) is 66.7 Å². The summed E-state index contributed by atoms with van der Waals surface area (Å²) in [6, 6.07) is 21.4. The van der Waals surface area contributed by atoms with Crippen molar-refractivity contribution >= 4 is 28.4 Å². The van der Waals surface area contributed by atoms with Crippen LogP contribution in [-0.4, -0.2) is 36.6 Å². The van der Waals surface area contributed by atoms with Crippen LogP contribution < -0.4 is 9.47 Å². The molecular formula is C29H29ClN2O3. The van der Waals surface area contributed by atoms with Crippen LogP contribution in [0.1, 0.15) is 32.6 Å². The summed E-state index contributed by atoms with van der Waals surface area (Å²) in [7, 11) is 3.22. The lowest BCUT2D eigenvalue weighted by atomic mass is 10.0. The fourth-order valence-electron chi connectivity index (χ4n) is 4.29. The molecule has 5 nitrogen and oxygen atoms in total. The maximum absolute atomic E-state index is 13.7. The van der Waals surface area contributed by atoms with Crippen molar-refractivity contribution in [1.29, 1.82) is 0 Å². The van der Waals surface area contributed by atoms with E-state index in [0.29, 0.717) is 36.0 Å². The summed E-state index contributed by atoms with van der Waals surface area (Å²) < 4.78 is 10.7. The molecule has 3 aromatic carbocycles. The molecule has 0 bridgehead atoms. The Hall–Kier alpha value is -3.57. The number of halogens is 1. The summed E-state index contributed by atoms with van der Waals surface area (Å²) in [5.41, 5.74) is 5.55. The minimum Gasteiger partial charge on any atom is -0.497 e. The number of methoxy groups -OCH3 is 2. The van der Waals surface area contributed by atoms with Crippen molar-refractivity contribution in [3.63, 3.8) is 0 Å². The number of hydrogen-bond donors (Lipinski definition) is 0. The van der Waals surface area contributed by atoms with Gasteiger partial charge in [-0.1, -0.05) is 47.5 Å². The Bertz CT molecular complexity index is 1350. The number of aryl methyl sites for hydroxylation is 2. The van der Waals surface area contributed by atoms with Crippen LogP contribution in [0, 0.1) is 13.8 Å². The van der Waals surface area contributed by atoms with Gasteiger partial charge in [-0.3, -0.25) is 4.79 Å². The van der Waals surface area contributed by atoms with Gasteiger partial charge >= 0.3 is 0 Å². The quantitative estimate of drug-likeness (QED) is 0.269. The summed E-state index contributed by atoms with van der Waals surface area (Å²) in [5, 5.41) is 1.42. The van der Waals surface area contributed by atoms with Crippen molar-refractivity contribution in [3.8, 4) is 11.5 Å². The Morgan fingerprint density at radius 3 is 2.43 bits per heavy atom. The van der Waals surface area contributed by atoms with Crippen LogP contribution in [-0.2, 0) is 13.0 Å². The highest BCUT2D eigenvalue weighted by atomic mass is 35.5. The molecule has 1 heterocycles. The number of para-hydroxylation sites is 1. The molecule has 1 amide bonds. The molecule has 4 rings (SSSR count). The monoisotopic (exact) mass is 488 g/mol. The summed E-state index contributed by atoms with van der Waals surface area (Å²) in [6.07, 6.45) is 0.682. The molecule has 0 aliphatic rings. The SMILES string of the molecule is COc1ccc(CCN(Cc2cc3cc(C)cc(C)c3nc2Cl)C(=O)c2ccccc2OC)cc1. The summed E-state index contributed by atoms with van der Waals surface area (Å²) in [5.74, 6) is 1.23. The number of fused-ring (bicyclic) bond motifs is 1. The molecule has 0 N–H and O–H groups in total. The van der Waals surface area contributed by atoms with Crippen molar-refractivity contribution < 1.29 is 14.3 Å². The molecule has 35 heavy (non-hydrogen) atoms. The third-order valence-corrected chi connectivity index (χ3v) is 6.42. The molecular weight excluding hydrogens is 460 g/mol. The van der Waals surface area contributed by atoms with E-state index in [9.17, 15) is 4.79 Å². The zero-order chi connectivity index (χ0) is 24.9. The average molecular weight is 489 g/mol. The van der Waals surface area contributed by atoms with Gasteiger partial charge in [-0.2, -0.15) is 0 Å². The van der Waals surface area contributed by atoms with Crippen LogP contribution in [0.2, 0.25) is 5.15 Å². The van der Waals surface area contributed by atoms with Gasteiger partial charge in [0.25, 0.3) is 5.91 Å². The third-order valence-electron chi connectivity index (χ3n) is 6.09. The molecule has 0 spiro atoms. The van der Waals surface area contributed by atoms with E-state index in [1.165, 1.54) is 0 Å². The minimum absolute atomic E-state index is 0.118. The molecule has 0 atom stereocenters. The zero-order valence-electron chi connectivity index (χ0n) is 20.5. The third kappa shape index (κ3) is 5.57. The number of hydrogen-bond acceptors (Lipinski definition) is 4. The van der Waals surface area contributed by atoms with Gasteiger partial charge in [0, 0.05) is 24.0 Å². The van der Waals surface area contributed by atoms with Gasteiger partial charge in [-0.05, 0) is 67.8 Å². The molecule has 4 aromatic rings. The van der Waals surface area contributed by atoms with E-state index in [0.717, 1.165) is 38.9 Å². The second-order valence-corrected chi connectivity index (χ2v) is 8.97. The number of aromatic nitrogens is 1. The molecule has 6 heteroatoms. The van der Waals surface area contributed by atoms with Gasteiger partial charge < -0.3 is 14.4 Å². The lowest BCUT2D eigenvalue weighted by Gasteiger charge is -2.24. The maximum Gasteiger partial charge on any atom is 0.257 e. The number of benzene rings is 3. The second kappa shape index (κ2) is 10.8. The molecule has 0 saturated carbocycles. The molecule has 1 aromatic heterocycles. The smallest absolute Gasteiger partial charge is 0.257 e. The van der Waals surface area contributed by atoms with Gasteiger partial charge in [-0.25, -0.2) is 4.98 Å². The van der Waals surface area contributed by atoms with Crippen molar-refractivity contribution in [2.75, 3.05) is 20.8 Å². The first-order chi connectivity index (χ1) is 16.9. The average Bonchev–Trinajstić information content (AvgIpc) is 2.87. The molecule has 0 unspecified atom stereocenters. The van der Waals surface area contributed by atoms with Crippen LogP contribution in [0.4, 0.5) is 0 Å². The predicted octanol–water partition coefficient (Wildman–Crippen LogP) is 6.41. The minimum atomic E-state index is -0.118. The highest BCUT2D eigenvalue weighted by Gasteiger charge is 2.21. The normalized spacial score (nSPS) is 10.9. The van der Waals surface area contributed by atoms with Gasteiger partial charge in [0.05, 0.1) is 25.3 Å². The first-order valence-electron chi connectivity index (χ1n) is 11.5. The van der Waals surface area contributed by atoms with Crippen molar-refractivity contribution in [2.24, 2.45) is 0 Å². The summed E-state index contributed by atoms with van der Waals surface area (Å²) >= 11 is 6.63. The number of carbonyl (C=O) groups is 1. The second-order valence-electron chi connectivity index (χ2n) is 8.62. The van der Waals surface area contributed by atoms with Gasteiger partial charge in [0.1, 0.15) is 16.7 Å². The number of pyridine rings is 1. The molecule has 0 fully saturated rings. The van der Waals surface area contributed by atoms with E-state index in [1.807, 2.05) is 49.4 Å². The van der Waals surface area contributed by atoms with Crippen LogP contribution >= 0.6 is 11.6 Å². The van der Waals surface area contributed by atoms with Gasteiger partial charge in [-0.15, -0.1) is 0 Å². The van der Waals surface area contributed by atoms with E-state index in [2.05, 4.69) is 24.0 Å². The highest BCUT2D eigenvalue weighted by molar-refractivity contribution is 6.30. The fourth-order valence-corrected chi connectivity index (χ4v) is 4.49. The standard InChI is InChI=1S/C29H29ClN2O3/c1-19-15-20(2)27-22(16-19)17-23(28(30)31-27)18-32(14-13-21-9-11-24(34-3)12-10-21)29(33)25-7-5-6-8-26(25)35-4/h5-12,15-17H,13-14,18H2,1-4H3. The van der Waals surface area contributed by atoms with E-state index in [4.69, 9.17) is 21.1 Å².